The van der Waals surface area contributed by atoms with Crippen molar-refractivity contribution in [3.8, 4) is 22.3 Å². The summed E-state index contributed by atoms with van der Waals surface area (Å²) in [6, 6.07) is 108. The molecule has 1 fully saturated rings. The van der Waals surface area contributed by atoms with E-state index in [1.54, 1.807) is 22.3 Å². The van der Waals surface area contributed by atoms with Gasteiger partial charge in [0.2, 0.25) is 0 Å². The van der Waals surface area contributed by atoms with Gasteiger partial charge >= 0.3 is 0 Å². The molecule has 0 saturated heterocycles. The number of allylic oxidation sites excluding steroid dienone is 24. The zero-order valence-electron chi connectivity index (χ0n) is 69.0. The highest BCUT2D eigenvalue weighted by Gasteiger charge is 2.58. The molecule has 5 unspecified atom stereocenters. The molecule has 24 rings (SSSR count). The highest BCUT2D eigenvalue weighted by molar-refractivity contribution is 9.10. The molecule has 11 aliphatic carbocycles. The molecule has 1 N–H and O–H groups in total. The van der Waals surface area contributed by atoms with Crippen LogP contribution >= 0.6 is 15.9 Å². The normalized spacial score (nSPS) is 21.0. The van der Waals surface area contributed by atoms with E-state index in [4.69, 9.17) is 0 Å². The molecule has 5 atom stereocenters. The molecular weight excluding hydrogens is 1550 g/mol. The van der Waals surface area contributed by atoms with Gasteiger partial charge < -0.3 is 10.2 Å². The van der Waals surface area contributed by atoms with Crippen LogP contribution in [0, 0.1) is 23.7 Å². The van der Waals surface area contributed by atoms with E-state index in [1.807, 2.05) is 0 Å². The van der Waals surface area contributed by atoms with Gasteiger partial charge in [0.05, 0.1) is 10.8 Å². The zero-order valence-corrected chi connectivity index (χ0v) is 70.6. The van der Waals surface area contributed by atoms with E-state index in [0.29, 0.717) is 23.7 Å². The summed E-state index contributed by atoms with van der Waals surface area (Å²) in [6.07, 6.45) is 56.2. The Labute approximate surface area is 737 Å². The van der Waals surface area contributed by atoms with E-state index in [2.05, 4.69) is 421 Å². The molecule has 0 aromatic heterocycles. The molecule has 0 bridgehead atoms. The third kappa shape index (κ3) is 13.9. The van der Waals surface area contributed by atoms with E-state index < -0.39 is 5.41 Å². The number of rotatable bonds is 13. The molecular formula is C119H101BBrN2. The zero-order chi connectivity index (χ0) is 80.4. The van der Waals surface area contributed by atoms with Crippen LogP contribution in [-0.4, -0.2) is 8.41 Å². The second kappa shape index (κ2) is 33.7. The topological polar surface area (TPSA) is 15.3 Å². The molecule has 0 aliphatic heterocycles. The third-order valence-corrected chi connectivity index (χ3v) is 28.9. The Morgan fingerprint density at radius 2 is 1.00 bits per heavy atom. The summed E-state index contributed by atoms with van der Waals surface area (Å²) < 4.78 is 1.13. The number of nitrogens with zero attached hydrogens (tertiary/aromatic N) is 1. The summed E-state index contributed by atoms with van der Waals surface area (Å²) in [6.45, 7) is 0. The summed E-state index contributed by atoms with van der Waals surface area (Å²) in [4.78, 5) is 2.44. The Morgan fingerprint density at radius 1 is 0.407 bits per heavy atom. The van der Waals surface area contributed by atoms with Gasteiger partial charge in [-0.05, 0) is 306 Å². The van der Waals surface area contributed by atoms with Gasteiger partial charge in [0.1, 0.15) is 0 Å². The average Bonchev–Trinajstić information content (AvgIpc) is 1.53. The lowest BCUT2D eigenvalue weighted by atomic mass is 9.66. The summed E-state index contributed by atoms with van der Waals surface area (Å²) in [7, 11) is 0. The summed E-state index contributed by atoms with van der Waals surface area (Å²) >= 11 is 3.73. The highest BCUT2D eigenvalue weighted by atomic mass is 79.9. The van der Waals surface area contributed by atoms with Crippen LogP contribution in [0.1, 0.15) is 140 Å². The maximum atomic E-state index is 3.73. The van der Waals surface area contributed by atoms with Crippen LogP contribution in [0.4, 0.5) is 22.7 Å². The maximum absolute atomic E-state index is 3.73. The number of hydrogen-bond acceptors (Lipinski definition) is 2. The van der Waals surface area contributed by atoms with Crippen LogP contribution in [0.25, 0.3) is 60.6 Å². The molecule has 597 valence electrons. The first-order valence-corrected chi connectivity index (χ1v) is 45.1. The van der Waals surface area contributed by atoms with Gasteiger partial charge in [-0.25, -0.2) is 0 Å². The molecule has 3 radical (unpaired) electrons. The first kappa shape index (κ1) is 78.9. The Kier molecular flexibility index (Phi) is 21.6. The number of nitrogens with one attached hydrogen (secondary N) is 1. The van der Waals surface area contributed by atoms with Gasteiger partial charge in [-0.2, -0.15) is 0 Å². The monoisotopic (exact) mass is 1650 g/mol. The first-order valence-electron chi connectivity index (χ1n) is 44.3. The van der Waals surface area contributed by atoms with Crippen molar-refractivity contribution in [1.29, 1.82) is 0 Å². The lowest BCUT2D eigenvalue weighted by molar-refractivity contribution is 0.413. The molecule has 123 heavy (non-hydrogen) atoms. The summed E-state index contributed by atoms with van der Waals surface area (Å²) in [5.74, 6) is 2.80. The van der Waals surface area contributed by atoms with Crippen LogP contribution in [-0.2, 0) is 17.3 Å². The minimum absolute atomic E-state index is 0. The van der Waals surface area contributed by atoms with Crippen molar-refractivity contribution < 1.29 is 0 Å². The minimum Gasteiger partial charge on any atom is -0.356 e. The molecule has 13 aromatic carbocycles. The van der Waals surface area contributed by atoms with Crippen molar-refractivity contribution in [2.75, 3.05) is 10.2 Å². The number of halogens is 1. The Bertz CT molecular complexity index is 6610. The lowest BCUT2D eigenvalue weighted by Crippen LogP contribution is -2.30. The van der Waals surface area contributed by atoms with Gasteiger partial charge in [0.25, 0.3) is 0 Å². The fourth-order valence-electron chi connectivity index (χ4n) is 23.1. The van der Waals surface area contributed by atoms with E-state index in [0.717, 1.165) is 46.7 Å². The van der Waals surface area contributed by atoms with Crippen molar-refractivity contribution in [2.45, 2.75) is 108 Å². The number of fused-ring (bicyclic) bond motifs is 3. The largest absolute Gasteiger partial charge is 0.356 e. The molecule has 1 saturated carbocycles. The van der Waals surface area contributed by atoms with Crippen molar-refractivity contribution in [2.24, 2.45) is 23.7 Å². The highest BCUT2D eigenvalue weighted by Crippen LogP contribution is 2.66. The predicted octanol–water partition coefficient (Wildman–Crippen LogP) is 31.6. The Balaban J connectivity index is 0.000000128. The molecule has 2 nitrogen and oxygen atoms in total. The average molecular weight is 1650 g/mol. The van der Waals surface area contributed by atoms with Crippen LogP contribution in [0.15, 0.2) is 443 Å². The van der Waals surface area contributed by atoms with E-state index in [1.165, 1.54) is 203 Å². The maximum Gasteiger partial charge on any atom is 0.0714 e. The fourth-order valence-corrected chi connectivity index (χ4v) is 23.5. The van der Waals surface area contributed by atoms with Gasteiger partial charge in [-0.15, -0.1) is 0 Å². The molecule has 4 heteroatoms. The van der Waals surface area contributed by atoms with Crippen molar-refractivity contribution in [3.63, 3.8) is 0 Å². The standard InChI is InChI=1S/C59H41N.C32H37N.C27H19Br.CH4.B/c1-2-19-46(20-3-1)59(55-27-10-17-44-29-30-45-18-11-28-56(59)58(45)57(44)55)47-21-12-22-50(39-47)60(48-35-31-42(32-36-48)53-25-8-15-40-13-4-6-23-51(40)53)49-37-33-43(34-38-49)54-26-9-16-41-14-5-7-24-52(41)54;1-3-11-29-23(7-1)9-5-13-31(29)25-15-19-27(20-16-25)33-28-21-17-26(18-22-28)32-14-6-10-24-8-2-4-12-30(24)32;28-22-12-6-11-21(17-22)27(20-9-2-1-3-10-20)23-13-4-7-18-15-16-19-8-5-14-24(27)26(19)25(18)23;;/h1-6,8-23,25-39H,7,24H2;1,7,9,14-17,19-22,26,29,31,33H,2-6,8,10-13,18H2;1-17,25-26H;1H4;. The van der Waals surface area contributed by atoms with Crippen molar-refractivity contribution >= 4 is 85.5 Å². The second-order valence-corrected chi connectivity index (χ2v) is 35.7. The first-order chi connectivity index (χ1) is 59.9. The van der Waals surface area contributed by atoms with E-state index in [9.17, 15) is 0 Å². The molecule has 11 aliphatic rings. The second-order valence-electron chi connectivity index (χ2n) is 34.8. The van der Waals surface area contributed by atoms with Gasteiger partial charge in [0.15, 0.2) is 0 Å². The quantitative estimate of drug-likeness (QED) is 0.0914. The van der Waals surface area contributed by atoms with Crippen LogP contribution in [0.5, 0.6) is 0 Å². The van der Waals surface area contributed by atoms with Gasteiger partial charge in [-0.3, -0.25) is 0 Å². The molecule has 0 spiro atoms. The van der Waals surface area contributed by atoms with Gasteiger partial charge in [0, 0.05) is 59.1 Å². The van der Waals surface area contributed by atoms with Gasteiger partial charge in [-0.1, -0.05) is 357 Å². The number of benzene rings is 13. The minimum atomic E-state index is -0.505. The van der Waals surface area contributed by atoms with Crippen LogP contribution in [0.3, 0.4) is 0 Å². The van der Waals surface area contributed by atoms with E-state index >= 15 is 0 Å². The Hall–Kier alpha value is -12.6. The summed E-state index contributed by atoms with van der Waals surface area (Å²) in [5, 5.41) is 11.5. The fraction of sp³-hybridized carbons (Fsp3) is 0.176. The van der Waals surface area contributed by atoms with E-state index in [-0.39, 0.29) is 21.3 Å². The number of anilines is 4. The molecule has 0 amide bonds. The van der Waals surface area contributed by atoms with Crippen LogP contribution in [0.2, 0.25) is 0 Å². The lowest BCUT2D eigenvalue weighted by Gasteiger charge is -2.36. The summed E-state index contributed by atoms with van der Waals surface area (Å²) in [5.41, 5.74) is 34.8. The van der Waals surface area contributed by atoms with Crippen molar-refractivity contribution in [3.05, 3.63) is 493 Å². The number of hydrogen-bond donors (Lipinski definition) is 1. The van der Waals surface area contributed by atoms with Crippen LogP contribution < -0.4 is 10.2 Å². The predicted molar refractivity (Wildman–Crippen MR) is 525 cm³/mol. The Morgan fingerprint density at radius 3 is 1.70 bits per heavy atom. The molecule has 0 heterocycles. The molecule has 13 aromatic rings. The smallest absolute Gasteiger partial charge is 0.0714 e. The van der Waals surface area contributed by atoms with Crippen molar-refractivity contribution in [1.82, 2.24) is 0 Å². The SMILES string of the molecule is Brc1cccc(C2(c3ccccc3)C3=CC=CC4=CC=C5C=CC=C2C5C43)c1.C.C1=CC2=CCCC(c3ccc(NC4=CCC(C5=CCCC6=C5CCCC6)C=C4)cc3)C2CC1.C1=Cc2cccc(-c3ccc(N(c4ccc(-c5cccc6ccccc56)cc4)c4cccc(C5(c6ccccc6)c6cccc7ccc8cccc5c8c67)c4)cc3)c2CC1.[B]. The third-order valence-electron chi connectivity index (χ3n) is 28.4.